The first-order valence-electron chi connectivity index (χ1n) is 5.85. The monoisotopic (exact) mass is 319 g/mol. The Bertz CT molecular complexity index is 557. The number of amides is 1. The van der Waals surface area contributed by atoms with Gasteiger partial charge in [-0.2, -0.15) is 0 Å². The molecule has 3 nitrogen and oxygen atoms in total. The Balaban J connectivity index is 2.17. The number of hydrogen-bond acceptors (Lipinski definition) is 2. The van der Waals surface area contributed by atoms with Gasteiger partial charge in [-0.15, -0.1) is 0 Å². The Morgan fingerprint density at radius 2 is 1.74 bits per heavy atom. The fourth-order valence-corrected chi connectivity index (χ4v) is 2.17. The summed E-state index contributed by atoms with van der Waals surface area (Å²) in [6.07, 6.45) is -0.617. The Labute approximate surface area is 120 Å². The van der Waals surface area contributed by atoms with E-state index in [9.17, 15) is 4.79 Å². The molecule has 2 rings (SSSR count). The predicted molar refractivity (Wildman–Crippen MR) is 79.0 cm³/mol. The summed E-state index contributed by atoms with van der Waals surface area (Å²) in [6, 6.07) is 16.9. The third kappa shape index (κ3) is 3.43. The number of halogens is 1. The normalized spacial score (nSPS) is 11.9. The lowest BCUT2D eigenvalue weighted by molar-refractivity contribution is -0.126. The van der Waals surface area contributed by atoms with Crippen LogP contribution in [0.4, 0.5) is 5.69 Å². The highest BCUT2D eigenvalue weighted by molar-refractivity contribution is 9.10. The van der Waals surface area contributed by atoms with Crippen LogP contribution in [-0.4, -0.2) is 13.0 Å². The van der Waals surface area contributed by atoms with E-state index in [2.05, 4.69) is 21.2 Å². The number of methoxy groups -OCH3 is 1. The molecular formula is C15H14BrNO2. The Morgan fingerprint density at radius 3 is 2.37 bits per heavy atom. The minimum Gasteiger partial charge on any atom is -0.367 e. The zero-order valence-corrected chi connectivity index (χ0v) is 12.1. The summed E-state index contributed by atoms with van der Waals surface area (Å²) in [5.41, 5.74) is 1.56. The third-order valence-electron chi connectivity index (χ3n) is 2.71. The molecule has 1 amide bonds. The molecule has 4 heteroatoms. The van der Waals surface area contributed by atoms with Crippen molar-refractivity contribution >= 4 is 27.5 Å². The lowest BCUT2D eigenvalue weighted by atomic mass is 10.1. The Kier molecular flexibility index (Phi) is 4.71. The van der Waals surface area contributed by atoms with Crippen molar-refractivity contribution in [3.8, 4) is 0 Å². The van der Waals surface area contributed by atoms with E-state index in [1.54, 1.807) is 0 Å². The van der Waals surface area contributed by atoms with Crippen LogP contribution < -0.4 is 5.32 Å². The first-order chi connectivity index (χ1) is 9.22. The van der Waals surface area contributed by atoms with Crippen LogP contribution >= 0.6 is 15.9 Å². The van der Waals surface area contributed by atoms with Crippen LogP contribution in [0.2, 0.25) is 0 Å². The van der Waals surface area contributed by atoms with Gasteiger partial charge in [-0.25, -0.2) is 0 Å². The molecular weight excluding hydrogens is 306 g/mol. The summed E-state index contributed by atoms with van der Waals surface area (Å²) in [5, 5.41) is 2.85. The van der Waals surface area contributed by atoms with E-state index >= 15 is 0 Å². The molecule has 0 radical (unpaired) electrons. The van der Waals surface area contributed by atoms with Gasteiger partial charge in [0.15, 0.2) is 6.10 Å². The highest BCUT2D eigenvalue weighted by Crippen LogP contribution is 2.24. The van der Waals surface area contributed by atoms with E-state index in [1.807, 2.05) is 54.6 Å². The van der Waals surface area contributed by atoms with Gasteiger partial charge in [-0.1, -0.05) is 42.5 Å². The minimum atomic E-state index is -0.617. The first-order valence-corrected chi connectivity index (χ1v) is 6.65. The van der Waals surface area contributed by atoms with Gasteiger partial charge in [0.05, 0.1) is 5.69 Å². The third-order valence-corrected chi connectivity index (χ3v) is 3.40. The maximum Gasteiger partial charge on any atom is 0.258 e. The molecule has 0 fully saturated rings. The molecule has 2 aromatic carbocycles. The van der Waals surface area contributed by atoms with Gasteiger partial charge in [-0.3, -0.25) is 4.79 Å². The second-order valence-corrected chi connectivity index (χ2v) is 4.85. The maximum absolute atomic E-state index is 12.2. The van der Waals surface area contributed by atoms with Gasteiger partial charge in [0.1, 0.15) is 0 Å². The van der Waals surface area contributed by atoms with Crippen molar-refractivity contribution in [3.63, 3.8) is 0 Å². The van der Waals surface area contributed by atoms with Gasteiger partial charge in [0.25, 0.3) is 5.91 Å². The van der Waals surface area contributed by atoms with Gasteiger partial charge in [-0.05, 0) is 33.6 Å². The van der Waals surface area contributed by atoms with Gasteiger partial charge >= 0.3 is 0 Å². The molecule has 0 aromatic heterocycles. The molecule has 0 aliphatic carbocycles. The second kappa shape index (κ2) is 6.50. The molecule has 0 bridgehead atoms. The number of benzene rings is 2. The number of hydrogen-bond donors (Lipinski definition) is 1. The number of nitrogens with one attached hydrogen (secondary N) is 1. The van der Waals surface area contributed by atoms with Crippen molar-refractivity contribution in [2.75, 3.05) is 12.4 Å². The molecule has 0 aliphatic heterocycles. The van der Waals surface area contributed by atoms with Crippen LogP contribution in [0.15, 0.2) is 59.1 Å². The zero-order chi connectivity index (χ0) is 13.7. The number of rotatable bonds is 4. The molecule has 0 spiro atoms. The first kappa shape index (κ1) is 13.8. The number of carbonyl (C=O) groups excluding carboxylic acids is 1. The van der Waals surface area contributed by atoms with Crippen LogP contribution in [0.3, 0.4) is 0 Å². The van der Waals surface area contributed by atoms with Gasteiger partial charge in [0, 0.05) is 11.6 Å². The number of carbonyl (C=O) groups is 1. The highest BCUT2D eigenvalue weighted by atomic mass is 79.9. The number of para-hydroxylation sites is 1. The lowest BCUT2D eigenvalue weighted by Crippen LogP contribution is -2.22. The standard InChI is InChI=1S/C15H14BrNO2/c1-19-14(11-7-3-2-4-8-11)15(18)17-13-10-6-5-9-12(13)16/h2-10,14H,1H3,(H,17,18). The van der Waals surface area contributed by atoms with E-state index in [1.165, 1.54) is 7.11 Å². The summed E-state index contributed by atoms with van der Waals surface area (Å²) in [5.74, 6) is -0.194. The predicted octanol–water partition coefficient (Wildman–Crippen LogP) is 3.78. The van der Waals surface area contributed by atoms with Crippen molar-refractivity contribution < 1.29 is 9.53 Å². The lowest BCUT2D eigenvalue weighted by Gasteiger charge is -2.16. The number of anilines is 1. The summed E-state index contributed by atoms with van der Waals surface area (Å²) in [4.78, 5) is 12.2. The zero-order valence-electron chi connectivity index (χ0n) is 10.5. The van der Waals surface area contributed by atoms with Crippen molar-refractivity contribution in [3.05, 3.63) is 64.6 Å². The van der Waals surface area contributed by atoms with Gasteiger partial charge in [0.2, 0.25) is 0 Å². The Hall–Kier alpha value is -1.65. The van der Waals surface area contributed by atoms with E-state index in [0.717, 1.165) is 15.7 Å². The minimum absolute atomic E-state index is 0.194. The quantitative estimate of drug-likeness (QED) is 0.931. The molecule has 19 heavy (non-hydrogen) atoms. The van der Waals surface area contributed by atoms with E-state index in [-0.39, 0.29) is 5.91 Å². The van der Waals surface area contributed by atoms with Gasteiger partial charge < -0.3 is 10.1 Å². The molecule has 0 saturated heterocycles. The number of ether oxygens (including phenoxy) is 1. The topological polar surface area (TPSA) is 38.3 Å². The summed E-state index contributed by atoms with van der Waals surface area (Å²) < 4.78 is 6.12. The average Bonchev–Trinajstić information content (AvgIpc) is 2.43. The van der Waals surface area contributed by atoms with E-state index < -0.39 is 6.10 Å². The molecule has 98 valence electrons. The second-order valence-electron chi connectivity index (χ2n) is 4.00. The van der Waals surface area contributed by atoms with Crippen LogP contribution in [0.1, 0.15) is 11.7 Å². The highest BCUT2D eigenvalue weighted by Gasteiger charge is 2.20. The molecule has 0 aliphatic rings. The molecule has 0 saturated carbocycles. The van der Waals surface area contributed by atoms with Crippen molar-refractivity contribution in [1.29, 1.82) is 0 Å². The average molecular weight is 320 g/mol. The summed E-state index contributed by atoms with van der Waals surface area (Å²) in [6.45, 7) is 0. The van der Waals surface area contributed by atoms with Crippen LogP contribution in [0, 0.1) is 0 Å². The largest absolute Gasteiger partial charge is 0.367 e. The molecule has 0 heterocycles. The smallest absolute Gasteiger partial charge is 0.258 e. The summed E-state index contributed by atoms with van der Waals surface area (Å²) >= 11 is 3.40. The van der Waals surface area contributed by atoms with Crippen LogP contribution in [0.5, 0.6) is 0 Å². The Morgan fingerprint density at radius 1 is 1.11 bits per heavy atom. The maximum atomic E-state index is 12.2. The van der Waals surface area contributed by atoms with Crippen molar-refractivity contribution in [2.24, 2.45) is 0 Å². The molecule has 1 atom stereocenters. The summed E-state index contributed by atoms with van der Waals surface area (Å²) in [7, 11) is 1.53. The van der Waals surface area contributed by atoms with E-state index in [4.69, 9.17) is 4.74 Å². The van der Waals surface area contributed by atoms with Crippen molar-refractivity contribution in [2.45, 2.75) is 6.10 Å². The molecule has 2 aromatic rings. The fourth-order valence-electron chi connectivity index (χ4n) is 1.78. The van der Waals surface area contributed by atoms with Crippen molar-refractivity contribution in [1.82, 2.24) is 0 Å². The van der Waals surface area contributed by atoms with Crippen LogP contribution in [0.25, 0.3) is 0 Å². The van der Waals surface area contributed by atoms with Crippen LogP contribution in [-0.2, 0) is 9.53 Å². The fraction of sp³-hybridized carbons (Fsp3) is 0.133. The molecule has 1 N–H and O–H groups in total. The molecule has 1 unspecified atom stereocenters. The van der Waals surface area contributed by atoms with E-state index in [0.29, 0.717) is 0 Å². The SMILES string of the molecule is COC(C(=O)Nc1ccccc1Br)c1ccccc1.